The van der Waals surface area contributed by atoms with Crippen LogP contribution in [0, 0.1) is 11.8 Å². The van der Waals surface area contributed by atoms with Crippen LogP contribution in [0.4, 0.5) is 0 Å². The second-order valence-corrected chi connectivity index (χ2v) is 9.02. The number of hydrogen-bond acceptors (Lipinski definition) is 4. The molecule has 2 unspecified atom stereocenters. The van der Waals surface area contributed by atoms with Crippen LogP contribution in [0.2, 0.25) is 0 Å². The number of allylic oxidation sites excluding steroid dienone is 3. The number of nitrogens with zero attached hydrogens (tertiary/aromatic N) is 2. The van der Waals surface area contributed by atoms with Crippen LogP contribution in [0.3, 0.4) is 0 Å². The SMILES string of the molecule is CN1CCC2C(c3ccc(S(=O)(=O)N(C)C)cc3)=CC=C(N)C2C1. The van der Waals surface area contributed by atoms with Crippen LogP contribution >= 0.6 is 0 Å². The molecule has 0 aromatic heterocycles. The number of sulfonamides is 1. The standard InChI is InChI=1S/C18H25N3O2S/c1-20(2)24(22,23)14-6-4-13(5-7-14)15-8-9-18(19)17-12-21(3)11-10-16(15)17/h4-9,16-17H,10-12,19H2,1-3H3. The maximum absolute atomic E-state index is 12.2. The summed E-state index contributed by atoms with van der Waals surface area (Å²) in [7, 11) is 1.83. The van der Waals surface area contributed by atoms with Gasteiger partial charge in [0.1, 0.15) is 0 Å². The summed E-state index contributed by atoms with van der Waals surface area (Å²) in [5, 5.41) is 0. The first-order valence-electron chi connectivity index (χ1n) is 8.19. The number of rotatable bonds is 3. The van der Waals surface area contributed by atoms with E-state index in [1.807, 2.05) is 18.2 Å². The lowest BCUT2D eigenvalue weighted by molar-refractivity contribution is 0.194. The predicted molar refractivity (Wildman–Crippen MR) is 96.7 cm³/mol. The second-order valence-electron chi connectivity index (χ2n) is 6.86. The number of piperidine rings is 1. The lowest BCUT2D eigenvalue weighted by Crippen LogP contribution is -2.41. The zero-order chi connectivity index (χ0) is 17.5. The van der Waals surface area contributed by atoms with Gasteiger partial charge >= 0.3 is 0 Å². The molecular weight excluding hydrogens is 322 g/mol. The van der Waals surface area contributed by atoms with Gasteiger partial charge < -0.3 is 10.6 Å². The summed E-state index contributed by atoms with van der Waals surface area (Å²) in [6, 6.07) is 7.20. The predicted octanol–water partition coefficient (Wildman–Crippen LogP) is 1.74. The second kappa shape index (κ2) is 6.35. The lowest BCUT2D eigenvalue weighted by Gasteiger charge is -2.40. The van der Waals surface area contributed by atoms with Crippen LogP contribution < -0.4 is 5.73 Å². The Hall–Kier alpha value is -1.63. The molecule has 1 aromatic carbocycles. The molecule has 1 heterocycles. The molecule has 6 heteroatoms. The van der Waals surface area contributed by atoms with Crippen molar-refractivity contribution in [3.63, 3.8) is 0 Å². The van der Waals surface area contributed by atoms with Crippen molar-refractivity contribution in [2.24, 2.45) is 17.6 Å². The Kier molecular flexibility index (Phi) is 4.55. The summed E-state index contributed by atoms with van der Waals surface area (Å²) in [6.45, 7) is 2.02. The Morgan fingerprint density at radius 3 is 2.42 bits per heavy atom. The van der Waals surface area contributed by atoms with Crippen molar-refractivity contribution in [2.45, 2.75) is 11.3 Å². The molecule has 1 saturated heterocycles. The first kappa shape index (κ1) is 17.2. The molecule has 2 N–H and O–H groups in total. The summed E-state index contributed by atoms with van der Waals surface area (Å²) in [5.74, 6) is 0.747. The molecule has 2 aliphatic rings. The molecule has 5 nitrogen and oxygen atoms in total. The fourth-order valence-electron chi connectivity index (χ4n) is 3.60. The molecule has 1 aromatic rings. The Labute approximate surface area is 144 Å². The van der Waals surface area contributed by atoms with Crippen molar-refractivity contribution in [3.8, 4) is 0 Å². The van der Waals surface area contributed by atoms with E-state index in [0.717, 1.165) is 30.8 Å². The highest BCUT2D eigenvalue weighted by molar-refractivity contribution is 7.89. The smallest absolute Gasteiger partial charge is 0.242 e. The van der Waals surface area contributed by atoms with Crippen LogP contribution in [0.15, 0.2) is 47.0 Å². The molecule has 3 rings (SSSR count). The van der Waals surface area contributed by atoms with E-state index in [9.17, 15) is 8.42 Å². The maximum Gasteiger partial charge on any atom is 0.242 e. The summed E-state index contributed by atoms with van der Waals surface area (Å²) in [6.07, 6.45) is 5.16. The van der Waals surface area contributed by atoms with Gasteiger partial charge in [-0.15, -0.1) is 0 Å². The van der Waals surface area contributed by atoms with Gasteiger partial charge in [-0.2, -0.15) is 0 Å². The molecule has 0 spiro atoms. The van der Waals surface area contributed by atoms with Gasteiger partial charge in [0.05, 0.1) is 4.90 Å². The Morgan fingerprint density at radius 2 is 1.79 bits per heavy atom. The number of likely N-dealkylation sites (tertiary alicyclic amines) is 1. The van der Waals surface area contributed by atoms with Gasteiger partial charge in [-0.1, -0.05) is 18.2 Å². The molecule has 0 saturated carbocycles. The highest BCUT2D eigenvalue weighted by atomic mass is 32.2. The van der Waals surface area contributed by atoms with Crippen molar-refractivity contribution in [2.75, 3.05) is 34.2 Å². The van der Waals surface area contributed by atoms with Crippen LogP contribution in [0.25, 0.3) is 5.57 Å². The topological polar surface area (TPSA) is 66.6 Å². The number of benzene rings is 1. The highest BCUT2D eigenvalue weighted by Gasteiger charge is 2.34. The summed E-state index contributed by atoms with van der Waals surface area (Å²) in [4.78, 5) is 2.64. The molecule has 0 bridgehead atoms. The molecular formula is C18H25N3O2S. The van der Waals surface area contributed by atoms with Crippen LogP contribution in [0.5, 0.6) is 0 Å². The molecule has 1 fully saturated rings. The van der Waals surface area contributed by atoms with Crippen molar-refractivity contribution in [1.29, 1.82) is 0 Å². The first-order valence-corrected chi connectivity index (χ1v) is 9.63. The third kappa shape index (κ3) is 3.01. The van der Waals surface area contributed by atoms with E-state index in [-0.39, 0.29) is 0 Å². The third-order valence-corrected chi connectivity index (χ3v) is 6.89. The molecule has 130 valence electrons. The molecule has 0 radical (unpaired) electrons. The molecule has 0 amide bonds. The monoisotopic (exact) mass is 347 g/mol. The number of hydrogen-bond donors (Lipinski definition) is 1. The summed E-state index contributed by atoms with van der Waals surface area (Å²) < 4.78 is 25.6. The average molecular weight is 347 g/mol. The maximum atomic E-state index is 12.2. The number of nitrogens with two attached hydrogens (primary N) is 1. The van der Waals surface area contributed by atoms with E-state index in [0.29, 0.717) is 16.7 Å². The molecule has 24 heavy (non-hydrogen) atoms. The zero-order valence-electron chi connectivity index (χ0n) is 14.4. The normalized spacial score (nSPS) is 25.2. The minimum atomic E-state index is -3.39. The zero-order valence-corrected chi connectivity index (χ0v) is 15.3. The van der Waals surface area contributed by atoms with E-state index in [1.165, 1.54) is 9.88 Å². The van der Waals surface area contributed by atoms with Gasteiger partial charge in [0.2, 0.25) is 10.0 Å². The van der Waals surface area contributed by atoms with Crippen molar-refractivity contribution in [3.05, 3.63) is 47.7 Å². The fourth-order valence-corrected chi connectivity index (χ4v) is 4.50. The third-order valence-electron chi connectivity index (χ3n) is 5.07. The highest BCUT2D eigenvalue weighted by Crippen LogP contribution is 2.40. The van der Waals surface area contributed by atoms with Crippen LogP contribution in [-0.4, -0.2) is 51.9 Å². The van der Waals surface area contributed by atoms with E-state index in [4.69, 9.17) is 5.73 Å². The number of fused-ring (bicyclic) bond motifs is 1. The molecule has 1 aliphatic heterocycles. The van der Waals surface area contributed by atoms with Gasteiger partial charge in [0.25, 0.3) is 0 Å². The van der Waals surface area contributed by atoms with Crippen molar-refractivity contribution >= 4 is 15.6 Å². The van der Waals surface area contributed by atoms with Gasteiger partial charge in [0, 0.05) is 32.3 Å². The van der Waals surface area contributed by atoms with E-state index >= 15 is 0 Å². The average Bonchev–Trinajstić information content (AvgIpc) is 2.55. The summed E-state index contributed by atoms with van der Waals surface area (Å²) in [5.41, 5.74) is 9.50. The lowest BCUT2D eigenvalue weighted by atomic mass is 9.73. The van der Waals surface area contributed by atoms with E-state index < -0.39 is 10.0 Å². The fraction of sp³-hybridized carbons (Fsp3) is 0.444. The van der Waals surface area contributed by atoms with Crippen LogP contribution in [-0.2, 0) is 10.0 Å². The van der Waals surface area contributed by atoms with E-state index in [1.54, 1.807) is 26.2 Å². The summed E-state index contributed by atoms with van der Waals surface area (Å²) >= 11 is 0. The Morgan fingerprint density at radius 1 is 1.12 bits per heavy atom. The van der Waals surface area contributed by atoms with Gasteiger partial charge in [-0.3, -0.25) is 0 Å². The van der Waals surface area contributed by atoms with Crippen molar-refractivity contribution < 1.29 is 8.42 Å². The molecule has 1 aliphatic carbocycles. The minimum Gasteiger partial charge on any atom is -0.402 e. The van der Waals surface area contributed by atoms with Gasteiger partial charge in [0.15, 0.2) is 0 Å². The van der Waals surface area contributed by atoms with Crippen LogP contribution in [0.1, 0.15) is 12.0 Å². The first-order chi connectivity index (χ1) is 11.3. The Balaban J connectivity index is 1.92. The van der Waals surface area contributed by atoms with Gasteiger partial charge in [-0.25, -0.2) is 12.7 Å². The van der Waals surface area contributed by atoms with E-state index in [2.05, 4.69) is 18.0 Å². The quantitative estimate of drug-likeness (QED) is 0.904. The van der Waals surface area contributed by atoms with Crippen molar-refractivity contribution in [1.82, 2.24) is 9.21 Å². The largest absolute Gasteiger partial charge is 0.402 e. The molecule has 2 atom stereocenters. The minimum absolute atomic E-state index is 0.322. The Bertz CT molecular complexity index is 779. The van der Waals surface area contributed by atoms with Gasteiger partial charge in [-0.05, 0) is 55.3 Å².